The third-order valence-electron chi connectivity index (χ3n) is 7.36. The summed E-state index contributed by atoms with van der Waals surface area (Å²) in [7, 11) is 1.60. The van der Waals surface area contributed by atoms with Crippen molar-refractivity contribution in [2.75, 3.05) is 20.3 Å². The molecule has 0 saturated heterocycles. The highest BCUT2D eigenvalue weighted by Crippen LogP contribution is 2.43. The van der Waals surface area contributed by atoms with Gasteiger partial charge in [0.05, 0.1) is 13.7 Å². The van der Waals surface area contributed by atoms with Crippen molar-refractivity contribution >= 4 is 29.5 Å². The Bertz CT molecular complexity index is 1610. The lowest BCUT2D eigenvalue weighted by molar-refractivity contribution is -0.129. The lowest BCUT2D eigenvalue weighted by atomic mass is 9.84. The molecule has 0 unspecified atom stereocenters. The van der Waals surface area contributed by atoms with Gasteiger partial charge in [-0.2, -0.15) is 0 Å². The van der Waals surface area contributed by atoms with E-state index >= 15 is 0 Å². The number of benzene rings is 4. The minimum atomic E-state index is -1.34. The molecule has 2 N–H and O–H groups in total. The van der Waals surface area contributed by atoms with Crippen molar-refractivity contribution in [3.05, 3.63) is 136 Å². The highest BCUT2D eigenvalue weighted by Gasteiger charge is 2.52. The van der Waals surface area contributed by atoms with Crippen molar-refractivity contribution in [1.29, 1.82) is 0 Å². The highest BCUT2D eigenvalue weighted by atomic mass is 35.5. The van der Waals surface area contributed by atoms with Crippen LogP contribution in [0.15, 0.2) is 114 Å². The van der Waals surface area contributed by atoms with Crippen molar-refractivity contribution in [3.63, 3.8) is 0 Å². The maximum Gasteiger partial charge on any atom is 0.252 e. The van der Waals surface area contributed by atoms with Crippen LogP contribution in [0.2, 0.25) is 5.02 Å². The van der Waals surface area contributed by atoms with Crippen LogP contribution >= 0.6 is 11.6 Å². The van der Waals surface area contributed by atoms with Crippen LogP contribution < -0.4 is 14.8 Å². The van der Waals surface area contributed by atoms with E-state index in [0.717, 1.165) is 16.7 Å². The molecule has 0 radical (unpaired) electrons. The van der Waals surface area contributed by atoms with Gasteiger partial charge < -0.3 is 24.6 Å². The Kier molecular flexibility index (Phi) is 10.3. The first-order valence-electron chi connectivity index (χ1n) is 14.5. The van der Waals surface area contributed by atoms with Gasteiger partial charge >= 0.3 is 0 Å². The van der Waals surface area contributed by atoms with Gasteiger partial charge in [-0.05, 0) is 59.2 Å². The second-order valence-corrected chi connectivity index (χ2v) is 10.8. The fourth-order valence-corrected chi connectivity index (χ4v) is 5.23. The fraction of sp³-hybridized carbons (Fsp3) is 0.222. The number of methoxy groups -OCH3 is 1. The van der Waals surface area contributed by atoms with Crippen LogP contribution in [0.4, 0.5) is 0 Å². The molecule has 0 aromatic heterocycles. The summed E-state index contributed by atoms with van der Waals surface area (Å²) < 4.78 is 17.8. The molecule has 0 saturated carbocycles. The molecule has 0 bridgehead atoms. The van der Waals surface area contributed by atoms with Gasteiger partial charge in [0.2, 0.25) is 5.90 Å². The fourth-order valence-electron chi connectivity index (χ4n) is 5.03. The number of nitrogens with zero attached hydrogens (tertiary/aromatic N) is 1. The van der Waals surface area contributed by atoms with Gasteiger partial charge in [0, 0.05) is 36.6 Å². The molecule has 7 nitrogen and oxygen atoms in total. The monoisotopic (exact) mass is 610 g/mol. The van der Waals surface area contributed by atoms with E-state index in [4.69, 9.17) is 35.9 Å². The topological polar surface area (TPSA) is 89.4 Å². The third-order valence-corrected chi connectivity index (χ3v) is 7.73. The summed E-state index contributed by atoms with van der Waals surface area (Å²) in [5, 5.41) is 12.7. The number of aliphatic hydroxyl groups is 1. The van der Waals surface area contributed by atoms with Crippen LogP contribution in [0.5, 0.6) is 11.5 Å². The lowest BCUT2D eigenvalue weighted by Crippen LogP contribution is -2.47. The number of carbonyl (C=O) groups is 1. The number of nitrogens with one attached hydrogen (secondary N) is 1. The van der Waals surface area contributed by atoms with Crippen LogP contribution in [0.25, 0.3) is 6.08 Å². The van der Waals surface area contributed by atoms with Crippen LogP contribution in [0.1, 0.15) is 41.2 Å². The van der Waals surface area contributed by atoms with E-state index in [1.807, 2.05) is 109 Å². The van der Waals surface area contributed by atoms with E-state index < -0.39 is 11.6 Å². The van der Waals surface area contributed by atoms with Gasteiger partial charge in [-0.1, -0.05) is 84.4 Å². The van der Waals surface area contributed by atoms with E-state index in [2.05, 4.69) is 5.32 Å². The average Bonchev–Trinajstić information content (AvgIpc) is 3.46. The van der Waals surface area contributed by atoms with Crippen molar-refractivity contribution in [3.8, 4) is 11.5 Å². The van der Waals surface area contributed by atoms with Crippen LogP contribution in [-0.2, 0) is 16.1 Å². The number of hydrogen-bond donors (Lipinski definition) is 2. The molecule has 44 heavy (non-hydrogen) atoms. The van der Waals surface area contributed by atoms with Gasteiger partial charge in [-0.3, -0.25) is 4.79 Å². The predicted molar refractivity (Wildman–Crippen MR) is 173 cm³/mol. The molecule has 1 heterocycles. The molecule has 2 atom stereocenters. The van der Waals surface area contributed by atoms with E-state index in [9.17, 15) is 4.79 Å². The van der Waals surface area contributed by atoms with Crippen molar-refractivity contribution in [1.82, 2.24) is 5.32 Å². The summed E-state index contributed by atoms with van der Waals surface area (Å²) in [6, 6.07) is 32.2. The molecule has 5 rings (SSSR count). The van der Waals surface area contributed by atoms with E-state index in [1.54, 1.807) is 13.2 Å². The van der Waals surface area contributed by atoms with Crippen molar-refractivity contribution in [2.24, 2.45) is 4.99 Å². The van der Waals surface area contributed by atoms with Gasteiger partial charge in [0.1, 0.15) is 11.5 Å². The first-order chi connectivity index (χ1) is 21.5. The number of rotatable bonds is 13. The second-order valence-electron chi connectivity index (χ2n) is 10.4. The second kappa shape index (κ2) is 14.7. The number of hydrogen-bond acceptors (Lipinski definition) is 6. The zero-order chi connectivity index (χ0) is 30.8. The molecular weight excluding hydrogens is 576 g/mol. The minimum absolute atomic E-state index is 0.0632. The Balaban J connectivity index is 1.54. The summed E-state index contributed by atoms with van der Waals surface area (Å²) in [5.74, 6) is 1.37. The molecule has 1 aliphatic rings. The summed E-state index contributed by atoms with van der Waals surface area (Å²) in [4.78, 5) is 19.4. The molecule has 1 amide bonds. The quantitative estimate of drug-likeness (QED) is 0.163. The molecule has 8 heteroatoms. The highest BCUT2D eigenvalue weighted by molar-refractivity contribution is 6.31. The maximum absolute atomic E-state index is 14.4. The molecule has 4 aromatic carbocycles. The lowest BCUT2D eigenvalue weighted by Gasteiger charge is -2.30. The zero-order valence-corrected chi connectivity index (χ0v) is 25.2. The number of aliphatic hydroxyl groups excluding tert-OH is 1. The molecule has 0 fully saturated rings. The Morgan fingerprint density at radius 2 is 1.77 bits per heavy atom. The Morgan fingerprint density at radius 3 is 2.52 bits per heavy atom. The maximum atomic E-state index is 14.4. The SMILES string of the molecule is COc1cccc([C@H]2OC(c3ccc(OCCCO)cc3)=N[C@@]2(C/C=C/c2ccccc2)C(=O)NCc2ccccc2Cl)c1. The van der Waals surface area contributed by atoms with Crippen LogP contribution in [0.3, 0.4) is 0 Å². The molecule has 1 aliphatic heterocycles. The number of carbonyl (C=O) groups excluding carboxylic acids is 1. The van der Waals surface area contributed by atoms with Crippen LogP contribution in [-0.4, -0.2) is 42.8 Å². The number of amides is 1. The van der Waals surface area contributed by atoms with E-state index in [-0.39, 0.29) is 25.5 Å². The number of halogens is 1. The first kappa shape index (κ1) is 30.9. The van der Waals surface area contributed by atoms with Gasteiger partial charge in [0.15, 0.2) is 11.6 Å². The van der Waals surface area contributed by atoms with Gasteiger partial charge in [-0.15, -0.1) is 0 Å². The van der Waals surface area contributed by atoms with Crippen LogP contribution in [0, 0.1) is 0 Å². The molecular formula is C36H35ClN2O5. The predicted octanol–water partition coefficient (Wildman–Crippen LogP) is 6.79. The van der Waals surface area contributed by atoms with Gasteiger partial charge in [-0.25, -0.2) is 4.99 Å². The molecule has 4 aromatic rings. The molecule has 0 spiro atoms. The summed E-state index contributed by atoms with van der Waals surface area (Å²) in [6.07, 6.45) is 4.01. The molecule has 0 aliphatic carbocycles. The Morgan fingerprint density at radius 1 is 1.00 bits per heavy atom. The van der Waals surface area contributed by atoms with Crippen molar-refractivity contribution < 1.29 is 24.1 Å². The van der Waals surface area contributed by atoms with E-state index in [0.29, 0.717) is 41.0 Å². The average molecular weight is 611 g/mol. The zero-order valence-electron chi connectivity index (χ0n) is 24.5. The van der Waals surface area contributed by atoms with Crippen molar-refractivity contribution in [2.45, 2.75) is 31.0 Å². The Labute approximate surface area is 262 Å². The minimum Gasteiger partial charge on any atom is -0.497 e. The van der Waals surface area contributed by atoms with E-state index in [1.165, 1.54) is 0 Å². The smallest absolute Gasteiger partial charge is 0.252 e. The summed E-state index contributed by atoms with van der Waals surface area (Å²) >= 11 is 6.42. The summed E-state index contributed by atoms with van der Waals surface area (Å²) in [5.41, 5.74) is 1.94. The standard InChI is InChI=1S/C36H35ClN2O5/c1-42-31-15-7-14-28(24-31)33-36(21-8-12-26-10-3-2-4-11-26,35(41)38-25-29-13-5-6-16-32(29)37)39-34(44-33)27-17-19-30(20-18-27)43-23-9-22-40/h2-8,10-20,24,33,40H,9,21-23,25H2,1H3,(H,38,41)/b12-8+/t33-,36-/m1/s1. The number of aliphatic imine (C=N–C) groups is 1. The third kappa shape index (κ3) is 7.30. The Hall–Kier alpha value is -4.59. The normalized spacial score (nSPS) is 17.6. The van der Waals surface area contributed by atoms with Gasteiger partial charge in [0.25, 0.3) is 5.91 Å². The first-order valence-corrected chi connectivity index (χ1v) is 14.9. The number of ether oxygens (including phenoxy) is 3. The summed E-state index contributed by atoms with van der Waals surface area (Å²) in [6.45, 7) is 0.708. The molecule has 226 valence electrons. The largest absolute Gasteiger partial charge is 0.497 e.